The van der Waals surface area contributed by atoms with Gasteiger partial charge in [-0.25, -0.2) is 0 Å². The zero-order valence-electron chi connectivity index (χ0n) is 8.85. The van der Waals surface area contributed by atoms with Gasteiger partial charge in [-0.1, -0.05) is 20.8 Å². The Kier molecular flexibility index (Phi) is 3.15. The Morgan fingerprint density at radius 2 is 1.85 bits per heavy atom. The highest BCUT2D eigenvalue weighted by Gasteiger charge is 2.10. The van der Waals surface area contributed by atoms with Crippen molar-refractivity contribution in [1.82, 2.24) is 4.98 Å². The van der Waals surface area contributed by atoms with Crippen LogP contribution in [-0.4, -0.2) is 4.98 Å². The Morgan fingerprint density at radius 1 is 1.23 bits per heavy atom. The first kappa shape index (κ1) is 10.3. The fourth-order valence-electron chi connectivity index (χ4n) is 1.27. The van der Waals surface area contributed by atoms with Gasteiger partial charge in [-0.15, -0.1) is 0 Å². The molecule has 0 saturated heterocycles. The molecule has 0 saturated carbocycles. The van der Waals surface area contributed by atoms with E-state index in [4.69, 9.17) is 5.73 Å². The molecule has 0 fully saturated rings. The number of hydrogen-bond donors (Lipinski definition) is 2. The van der Waals surface area contributed by atoms with Gasteiger partial charge in [0.15, 0.2) is 0 Å². The maximum atomic E-state index is 5.51. The molecule has 0 bridgehead atoms. The van der Waals surface area contributed by atoms with E-state index in [-0.39, 0.29) is 0 Å². The average Bonchev–Trinajstić information content (AvgIpc) is 2.47. The Hall–Kier alpha value is -0.760. The second-order valence-electron chi connectivity index (χ2n) is 4.77. The molecule has 0 atom stereocenters. The third-order valence-electron chi connectivity index (χ3n) is 2.17. The molecule has 0 aromatic carbocycles. The van der Waals surface area contributed by atoms with Crippen LogP contribution in [0.25, 0.3) is 0 Å². The molecule has 0 unspecified atom stereocenters. The minimum atomic E-state index is 0.411. The zero-order valence-corrected chi connectivity index (χ0v) is 8.85. The molecule has 3 N–H and O–H groups in total. The van der Waals surface area contributed by atoms with Crippen LogP contribution in [-0.2, 0) is 13.0 Å². The SMILES string of the molecule is CC(C)(C)CCc1ccc(CN)[nH]1. The summed E-state index contributed by atoms with van der Waals surface area (Å²) in [6, 6.07) is 4.20. The molecule has 0 radical (unpaired) electrons. The molecule has 0 aliphatic rings. The molecule has 1 heterocycles. The maximum absolute atomic E-state index is 5.51. The molecule has 2 nitrogen and oxygen atoms in total. The van der Waals surface area contributed by atoms with E-state index in [2.05, 4.69) is 37.9 Å². The lowest BCUT2D eigenvalue weighted by Gasteiger charge is -2.16. The van der Waals surface area contributed by atoms with Crippen LogP contribution < -0.4 is 5.73 Å². The van der Waals surface area contributed by atoms with Crippen molar-refractivity contribution in [3.05, 3.63) is 23.5 Å². The van der Waals surface area contributed by atoms with Crippen molar-refractivity contribution in [2.45, 2.75) is 40.2 Å². The van der Waals surface area contributed by atoms with E-state index in [0.717, 1.165) is 12.1 Å². The highest BCUT2D eigenvalue weighted by atomic mass is 14.8. The third-order valence-corrected chi connectivity index (χ3v) is 2.17. The number of nitrogens with two attached hydrogens (primary N) is 1. The topological polar surface area (TPSA) is 41.8 Å². The van der Waals surface area contributed by atoms with E-state index in [9.17, 15) is 0 Å². The van der Waals surface area contributed by atoms with Gasteiger partial charge in [-0.3, -0.25) is 0 Å². The van der Waals surface area contributed by atoms with E-state index < -0.39 is 0 Å². The average molecular weight is 180 g/mol. The molecule has 0 aliphatic heterocycles. The van der Waals surface area contributed by atoms with Gasteiger partial charge in [-0.05, 0) is 30.4 Å². The number of nitrogens with one attached hydrogen (secondary N) is 1. The molecule has 1 rings (SSSR count). The van der Waals surface area contributed by atoms with Crippen LogP contribution in [0.3, 0.4) is 0 Å². The molecule has 0 aliphatic carbocycles. The highest BCUT2D eigenvalue weighted by Crippen LogP contribution is 2.20. The zero-order chi connectivity index (χ0) is 9.90. The minimum absolute atomic E-state index is 0.411. The van der Waals surface area contributed by atoms with Gasteiger partial charge >= 0.3 is 0 Å². The van der Waals surface area contributed by atoms with Gasteiger partial charge in [0.25, 0.3) is 0 Å². The largest absolute Gasteiger partial charge is 0.361 e. The van der Waals surface area contributed by atoms with Crippen molar-refractivity contribution < 1.29 is 0 Å². The summed E-state index contributed by atoms with van der Waals surface area (Å²) in [7, 11) is 0. The number of hydrogen-bond acceptors (Lipinski definition) is 1. The van der Waals surface area contributed by atoms with E-state index >= 15 is 0 Å². The summed E-state index contributed by atoms with van der Waals surface area (Å²) in [6.45, 7) is 7.40. The van der Waals surface area contributed by atoms with E-state index in [0.29, 0.717) is 12.0 Å². The number of aromatic amines is 1. The predicted octanol–water partition coefficient (Wildman–Crippen LogP) is 2.45. The van der Waals surface area contributed by atoms with Crippen molar-refractivity contribution in [1.29, 1.82) is 0 Å². The van der Waals surface area contributed by atoms with E-state index in [1.807, 2.05) is 0 Å². The summed E-state index contributed by atoms with van der Waals surface area (Å²) in [6.07, 6.45) is 2.32. The summed E-state index contributed by atoms with van der Waals surface area (Å²) < 4.78 is 0. The van der Waals surface area contributed by atoms with Gasteiger partial charge in [0.1, 0.15) is 0 Å². The lowest BCUT2D eigenvalue weighted by atomic mass is 9.90. The molecule has 0 amide bonds. The van der Waals surface area contributed by atoms with Gasteiger partial charge in [0.2, 0.25) is 0 Å². The smallest absolute Gasteiger partial charge is 0.0332 e. The van der Waals surface area contributed by atoms with Crippen molar-refractivity contribution in [3.8, 4) is 0 Å². The van der Waals surface area contributed by atoms with Crippen LogP contribution in [0.5, 0.6) is 0 Å². The standard InChI is InChI=1S/C11H20N2/c1-11(2,3)7-6-9-4-5-10(8-12)13-9/h4-5,13H,6-8,12H2,1-3H3. The fourth-order valence-corrected chi connectivity index (χ4v) is 1.27. The number of H-pyrrole nitrogens is 1. The van der Waals surface area contributed by atoms with Crippen molar-refractivity contribution >= 4 is 0 Å². The first-order valence-corrected chi connectivity index (χ1v) is 4.88. The number of aromatic nitrogens is 1. The summed E-state index contributed by atoms with van der Waals surface area (Å²) in [4.78, 5) is 3.31. The normalized spacial score (nSPS) is 12.0. The summed E-state index contributed by atoms with van der Waals surface area (Å²) in [5, 5.41) is 0. The predicted molar refractivity (Wildman–Crippen MR) is 56.5 cm³/mol. The van der Waals surface area contributed by atoms with Crippen LogP contribution in [0.4, 0.5) is 0 Å². The van der Waals surface area contributed by atoms with Gasteiger partial charge < -0.3 is 10.7 Å². The van der Waals surface area contributed by atoms with Crippen LogP contribution in [0.15, 0.2) is 12.1 Å². The van der Waals surface area contributed by atoms with Gasteiger partial charge in [0, 0.05) is 17.9 Å². The monoisotopic (exact) mass is 180 g/mol. The molecule has 0 spiro atoms. The number of aryl methyl sites for hydroxylation is 1. The first-order chi connectivity index (χ1) is 6.01. The summed E-state index contributed by atoms with van der Waals surface area (Å²) in [5.74, 6) is 0. The molecular weight excluding hydrogens is 160 g/mol. The Balaban J connectivity index is 2.46. The molecule has 1 aromatic rings. The van der Waals surface area contributed by atoms with E-state index in [1.54, 1.807) is 0 Å². The van der Waals surface area contributed by atoms with Gasteiger partial charge in [-0.2, -0.15) is 0 Å². The highest BCUT2D eigenvalue weighted by molar-refractivity contribution is 5.12. The van der Waals surface area contributed by atoms with Crippen molar-refractivity contribution in [2.24, 2.45) is 11.1 Å². The lowest BCUT2D eigenvalue weighted by molar-refractivity contribution is 0.376. The van der Waals surface area contributed by atoms with Crippen LogP contribution >= 0.6 is 0 Å². The second-order valence-corrected chi connectivity index (χ2v) is 4.77. The third kappa shape index (κ3) is 3.64. The Morgan fingerprint density at radius 3 is 2.31 bits per heavy atom. The summed E-state index contributed by atoms with van der Waals surface area (Å²) in [5.41, 5.74) is 8.35. The van der Waals surface area contributed by atoms with Crippen LogP contribution in [0.2, 0.25) is 0 Å². The van der Waals surface area contributed by atoms with Crippen molar-refractivity contribution in [3.63, 3.8) is 0 Å². The lowest BCUT2D eigenvalue weighted by Crippen LogP contribution is -2.06. The molecule has 1 aromatic heterocycles. The van der Waals surface area contributed by atoms with Crippen molar-refractivity contribution in [2.75, 3.05) is 0 Å². The first-order valence-electron chi connectivity index (χ1n) is 4.88. The fraction of sp³-hybridized carbons (Fsp3) is 0.636. The van der Waals surface area contributed by atoms with Crippen LogP contribution in [0, 0.1) is 5.41 Å². The second kappa shape index (κ2) is 3.97. The summed E-state index contributed by atoms with van der Waals surface area (Å²) >= 11 is 0. The quantitative estimate of drug-likeness (QED) is 0.737. The maximum Gasteiger partial charge on any atom is 0.0332 e. The molecular formula is C11H20N2. The van der Waals surface area contributed by atoms with E-state index in [1.165, 1.54) is 12.1 Å². The Bertz CT molecular complexity index is 255. The molecule has 2 heteroatoms. The molecule has 13 heavy (non-hydrogen) atoms. The van der Waals surface area contributed by atoms with Crippen LogP contribution in [0.1, 0.15) is 38.6 Å². The van der Waals surface area contributed by atoms with Gasteiger partial charge in [0.05, 0.1) is 0 Å². The molecule has 74 valence electrons. The Labute approximate surface area is 80.5 Å². The number of rotatable bonds is 3. The minimum Gasteiger partial charge on any atom is -0.361 e.